The topological polar surface area (TPSA) is 79.4 Å². The van der Waals surface area contributed by atoms with Crippen molar-refractivity contribution in [3.05, 3.63) is 54.0 Å². The number of thioether (sulfide) groups is 1. The minimum absolute atomic E-state index is 0.0306. The molecule has 1 fully saturated rings. The monoisotopic (exact) mass is 440 g/mol. The minimum atomic E-state index is -0.0306. The van der Waals surface area contributed by atoms with Gasteiger partial charge in [-0.1, -0.05) is 23.9 Å². The molecule has 8 nitrogen and oxygen atoms in total. The fourth-order valence-electron chi connectivity index (χ4n) is 3.53. The Bertz CT molecular complexity index is 978. The van der Waals surface area contributed by atoms with Crippen molar-refractivity contribution in [3.8, 4) is 0 Å². The van der Waals surface area contributed by atoms with Crippen molar-refractivity contribution in [2.45, 2.75) is 31.1 Å². The molecule has 0 bridgehead atoms. The van der Waals surface area contributed by atoms with E-state index in [0.717, 1.165) is 54.0 Å². The van der Waals surface area contributed by atoms with Gasteiger partial charge in [-0.2, -0.15) is 0 Å². The van der Waals surface area contributed by atoms with E-state index in [1.165, 1.54) is 11.8 Å². The zero-order valence-corrected chi connectivity index (χ0v) is 18.8. The number of rotatable bonds is 9. The van der Waals surface area contributed by atoms with Crippen LogP contribution in [0.5, 0.6) is 0 Å². The van der Waals surface area contributed by atoms with Crippen LogP contribution in [0.3, 0.4) is 0 Å². The molecule has 0 aliphatic carbocycles. The third-order valence-corrected chi connectivity index (χ3v) is 6.22. The molecule has 0 spiro atoms. The van der Waals surface area contributed by atoms with Crippen molar-refractivity contribution in [3.63, 3.8) is 0 Å². The summed E-state index contributed by atoms with van der Waals surface area (Å²) in [5, 5.41) is 12.5. The third-order valence-electron chi connectivity index (χ3n) is 5.26. The standard InChI is InChI=1S/C22H28N6O2S/c1-26(2)18-9-7-17(8-10-18)14-23-20(29)16-31-22-25-24-21(27-11-3-4-12-27)28(22)15-19-6-5-13-30-19/h5-10,13H,3-4,11-12,14-16H2,1-2H3,(H,23,29). The Morgan fingerprint density at radius 1 is 1.16 bits per heavy atom. The maximum atomic E-state index is 12.4. The molecular formula is C22H28N6O2S. The van der Waals surface area contributed by atoms with Crippen LogP contribution in [0, 0.1) is 0 Å². The number of aromatic nitrogens is 3. The largest absolute Gasteiger partial charge is 0.467 e. The quantitative estimate of drug-likeness (QED) is 0.513. The summed E-state index contributed by atoms with van der Waals surface area (Å²) in [6.45, 7) is 3.02. The Kier molecular flexibility index (Phi) is 6.81. The lowest BCUT2D eigenvalue weighted by molar-refractivity contribution is -0.118. The number of carbonyl (C=O) groups excluding carboxylic acids is 1. The molecule has 31 heavy (non-hydrogen) atoms. The minimum Gasteiger partial charge on any atom is -0.467 e. The van der Waals surface area contributed by atoms with E-state index in [0.29, 0.717) is 13.1 Å². The van der Waals surface area contributed by atoms with Gasteiger partial charge in [-0.15, -0.1) is 10.2 Å². The number of amides is 1. The number of hydrogen-bond acceptors (Lipinski definition) is 7. The number of benzene rings is 1. The zero-order valence-electron chi connectivity index (χ0n) is 18.0. The van der Waals surface area contributed by atoms with Gasteiger partial charge < -0.3 is 19.5 Å². The van der Waals surface area contributed by atoms with Crippen molar-refractivity contribution in [2.24, 2.45) is 0 Å². The zero-order chi connectivity index (χ0) is 21.6. The normalized spacial score (nSPS) is 13.5. The van der Waals surface area contributed by atoms with Crippen LogP contribution >= 0.6 is 11.8 Å². The SMILES string of the molecule is CN(C)c1ccc(CNC(=O)CSc2nnc(N3CCCC3)n2Cc2ccco2)cc1. The smallest absolute Gasteiger partial charge is 0.230 e. The number of nitrogens with one attached hydrogen (secondary N) is 1. The molecule has 3 aromatic rings. The second-order valence-corrected chi connectivity index (χ2v) is 8.71. The van der Waals surface area contributed by atoms with E-state index >= 15 is 0 Å². The van der Waals surface area contributed by atoms with Crippen LogP contribution in [0.1, 0.15) is 24.2 Å². The van der Waals surface area contributed by atoms with Gasteiger partial charge in [0, 0.05) is 39.4 Å². The summed E-state index contributed by atoms with van der Waals surface area (Å²) in [5.74, 6) is 1.94. The molecular weight excluding hydrogens is 412 g/mol. The molecule has 2 aromatic heterocycles. The maximum Gasteiger partial charge on any atom is 0.230 e. The first kappa shape index (κ1) is 21.3. The lowest BCUT2D eigenvalue weighted by Crippen LogP contribution is -2.25. The summed E-state index contributed by atoms with van der Waals surface area (Å²) >= 11 is 1.40. The van der Waals surface area contributed by atoms with Gasteiger partial charge in [-0.3, -0.25) is 9.36 Å². The Balaban J connectivity index is 1.36. The van der Waals surface area contributed by atoms with Gasteiger partial charge >= 0.3 is 0 Å². The van der Waals surface area contributed by atoms with E-state index in [2.05, 4.69) is 20.4 Å². The molecule has 1 aliphatic heterocycles. The van der Waals surface area contributed by atoms with Crippen molar-refractivity contribution >= 4 is 29.3 Å². The molecule has 1 aliphatic rings. The third kappa shape index (κ3) is 5.41. The highest BCUT2D eigenvalue weighted by molar-refractivity contribution is 7.99. The molecule has 0 unspecified atom stereocenters. The van der Waals surface area contributed by atoms with Crippen LogP contribution in [-0.2, 0) is 17.9 Å². The first-order chi connectivity index (χ1) is 15.1. The molecule has 1 amide bonds. The summed E-state index contributed by atoms with van der Waals surface area (Å²) < 4.78 is 7.57. The molecule has 1 saturated heterocycles. The molecule has 1 aromatic carbocycles. The van der Waals surface area contributed by atoms with Gasteiger partial charge in [0.1, 0.15) is 5.76 Å². The molecule has 9 heteroatoms. The van der Waals surface area contributed by atoms with Gasteiger partial charge in [0.15, 0.2) is 5.16 Å². The second-order valence-electron chi connectivity index (χ2n) is 7.77. The molecule has 0 atom stereocenters. The van der Waals surface area contributed by atoms with Gasteiger partial charge in [0.2, 0.25) is 11.9 Å². The Labute approximate surface area is 186 Å². The summed E-state index contributed by atoms with van der Waals surface area (Å²) in [4.78, 5) is 16.7. The number of hydrogen-bond donors (Lipinski definition) is 1. The highest BCUT2D eigenvalue weighted by Crippen LogP contribution is 2.26. The molecule has 3 heterocycles. The lowest BCUT2D eigenvalue weighted by atomic mass is 10.2. The molecule has 0 saturated carbocycles. The predicted molar refractivity (Wildman–Crippen MR) is 123 cm³/mol. The van der Waals surface area contributed by atoms with Crippen LogP contribution in [0.4, 0.5) is 11.6 Å². The second kappa shape index (κ2) is 9.91. The molecule has 0 radical (unpaired) electrons. The fraction of sp³-hybridized carbons (Fsp3) is 0.409. The number of nitrogens with zero attached hydrogens (tertiary/aromatic N) is 5. The molecule has 164 valence electrons. The van der Waals surface area contributed by atoms with E-state index in [1.54, 1.807) is 6.26 Å². The Morgan fingerprint density at radius 3 is 2.61 bits per heavy atom. The van der Waals surface area contributed by atoms with Crippen molar-refractivity contribution in [2.75, 3.05) is 42.7 Å². The first-order valence-corrected chi connectivity index (χ1v) is 11.4. The highest BCUT2D eigenvalue weighted by Gasteiger charge is 2.22. The number of anilines is 2. The summed E-state index contributed by atoms with van der Waals surface area (Å²) in [6.07, 6.45) is 3.99. The van der Waals surface area contributed by atoms with Crippen molar-refractivity contribution in [1.29, 1.82) is 0 Å². The molecule has 1 N–H and O–H groups in total. The van der Waals surface area contributed by atoms with E-state index in [9.17, 15) is 4.79 Å². The Hall–Kier alpha value is -2.94. The van der Waals surface area contributed by atoms with E-state index in [1.807, 2.05) is 60.0 Å². The van der Waals surface area contributed by atoms with Gasteiger partial charge in [0.05, 0.1) is 18.6 Å². The van der Waals surface area contributed by atoms with E-state index in [-0.39, 0.29) is 11.7 Å². The van der Waals surface area contributed by atoms with Crippen molar-refractivity contribution < 1.29 is 9.21 Å². The lowest BCUT2D eigenvalue weighted by Gasteiger charge is -2.17. The van der Waals surface area contributed by atoms with Crippen LogP contribution < -0.4 is 15.1 Å². The average molecular weight is 441 g/mol. The van der Waals surface area contributed by atoms with Gasteiger partial charge in [-0.25, -0.2) is 0 Å². The van der Waals surface area contributed by atoms with E-state index in [4.69, 9.17) is 4.42 Å². The summed E-state index contributed by atoms with van der Waals surface area (Å²) in [7, 11) is 4.02. The maximum absolute atomic E-state index is 12.4. The number of carbonyl (C=O) groups is 1. The van der Waals surface area contributed by atoms with Crippen LogP contribution in [0.25, 0.3) is 0 Å². The van der Waals surface area contributed by atoms with E-state index < -0.39 is 0 Å². The highest BCUT2D eigenvalue weighted by atomic mass is 32.2. The van der Waals surface area contributed by atoms with Gasteiger partial charge in [-0.05, 0) is 42.7 Å². The first-order valence-electron chi connectivity index (χ1n) is 10.5. The van der Waals surface area contributed by atoms with Crippen LogP contribution in [0.2, 0.25) is 0 Å². The van der Waals surface area contributed by atoms with Crippen LogP contribution in [-0.4, -0.2) is 53.6 Å². The number of furan rings is 1. The predicted octanol–water partition coefficient (Wildman–Crippen LogP) is 2.99. The van der Waals surface area contributed by atoms with Crippen molar-refractivity contribution in [1.82, 2.24) is 20.1 Å². The average Bonchev–Trinajstić information content (AvgIpc) is 3.54. The fourth-order valence-corrected chi connectivity index (χ4v) is 4.29. The molecule has 4 rings (SSSR count). The van der Waals surface area contributed by atoms with Crippen LogP contribution in [0.15, 0.2) is 52.2 Å². The van der Waals surface area contributed by atoms with Gasteiger partial charge in [0.25, 0.3) is 0 Å². The Morgan fingerprint density at radius 2 is 1.94 bits per heavy atom. The summed E-state index contributed by atoms with van der Waals surface area (Å²) in [6, 6.07) is 12.0. The summed E-state index contributed by atoms with van der Waals surface area (Å²) in [5.41, 5.74) is 2.21.